The quantitative estimate of drug-likeness (QED) is 0.619. The lowest BCUT2D eigenvalue weighted by Crippen LogP contribution is -2.45. The van der Waals surface area contributed by atoms with E-state index in [2.05, 4.69) is 15.9 Å². The van der Waals surface area contributed by atoms with Crippen molar-refractivity contribution < 1.29 is 23.1 Å². The van der Waals surface area contributed by atoms with Gasteiger partial charge in [-0.05, 0) is 30.2 Å². The lowest BCUT2D eigenvalue weighted by molar-refractivity contribution is -0.160. The molecule has 0 N–H and O–H groups in total. The van der Waals surface area contributed by atoms with Crippen LogP contribution in [0, 0.1) is 5.41 Å². The largest absolute Gasteiger partial charge is 0.465 e. The van der Waals surface area contributed by atoms with E-state index in [1.54, 1.807) is 19.1 Å². The van der Waals surface area contributed by atoms with Gasteiger partial charge in [0.2, 0.25) is 0 Å². The fraction of sp³-hybridized carbons (Fsp3) is 0.429. The highest BCUT2D eigenvalue weighted by atomic mass is 79.9. The van der Waals surface area contributed by atoms with Crippen LogP contribution in [-0.4, -0.2) is 24.8 Å². The molecule has 1 atom stereocenters. The van der Waals surface area contributed by atoms with Crippen molar-refractivity contribution >= 4 is 27.7 Å². The molecule has 0 fully saturated rings. The maximum absolute atomic E-state index is 13.5. The van der Waals surface area contributed by atoms with Crippen molar-refractivity contribution in [3.63, 3.8) is 0 Å². The first kappa shape index (κ1) is 15.1. The van der Waals surface area contributed by atoms with Crippen molar-refractivity contribution in [2.24, 2.45) is 5.41 Å². The van der Waals surface area contributed by atoms with E-state index in [-0.39, 0.29) is 18.6 Å². The summed E-state index contributed by atoms with van der Waals surface area (Å²) in [4.78, 5) is 24.3. The van der Waals surface area contributed by atoms with Gasteiger partial charge in [0.05, 0.1) is 6.61 Å². The predicted octanol–water partition coefficient (Wildman–Crippen LogP) is 3.39. The lowest BCUT2D eigenvalue weighted by atomic mass is 9.84. The van der Waals surface area contributed by atoms with Gasteiger partial charge in [-0.1, -0.05) is 22.9 Å². The summed E-state index contributed by atoms with van der Waals surface area (Å²) in [5, 5.41) is 0. The molecule has 0 aliphatic heterocycles. The number of Topliss-reactive ketones (excluding diaryl/α,β-unsaturated/α-hetero) is 1. The van der Waals surface area contributed by atoms with E-state index in [0.717, 1.165) is 0 Å². The van der Waals surface area contributed by atoms with Gasteiger partial charge in [-0.2, -0.15) is 0 Å². The molecular formula is C14H13BrF2O3. The zero-order valence-electron chi connectivity index (χ0n) is 10.8. The first-order valence-corrected chi connectivity index (χ1v) is 7.01. The van der Waals surface area contributed by atoms with E-state index in [0.29, 0.717) is 16.5 Å². The Kier molecular flexibility index (Phi) is 4.22. The summed E-state index contributed by atoms with van der Waals surface area (Å²) >= 11 is 3.22. The van der Waals surface area contributed by atoms with Crippen LogP contribution in [0.2, 0.25) is 0 Å². The zero-order valence-corrected chi connectivity index (χ0v) is 12.4. The van der Waals surface area contributed by atoms with Crippen molar-refractivity contribution in [2.45, 2.75) is 26.2 Å². The Morgan fingerprint density at radius 2 is 2.20 bits per heavy atom. The number of hydrogen-bond acceptors (Lipinski definition) is 3. The van der Waals surface area contributed by atoms with Crippen LogP contribution in [0.1, 0.15) is 29.3 Å². The Balaban J connectivity index is 2.42. The summed E-state index contributed by atoms with van der Waals surface area (Å²) in [6.45, 7) is 1.78. The second-order valence-corrected chi connectivity index (χ2v) is 5.63. The van der Waals surface area contributed by atoms with Gasteiger partial charge in [-0.25, -0.2) is 8.78 Å². The Hall–Kier alpha value is -1.30. The zero-order chi connectivity index (χ0) is 14.9. The van der Waals surface area contributed by atoms with E-state index in [1.165, 1.54) is 6.07 Å². The van der Waals surface area contributed by atoms with Crippen LogP contribution in [0.3, 0.4) is 0 Å². The number of esters is 1. The molecule has 1 aliphatic rings. The molecule has 0 aromatic heterocycles. The molecule has 0 amide bonds. The molecule has 0 saturated heterocycles. The monoisotopic (exact) mass is 346 g/mol. The number of ketones is 1. The SMILES string of the molecule is CCCOC(=O)C1(C(F)F)Cc2cc(Br)ccc2C1=O. The molecule has 0 bridgehead atoms. The third-order valence-electron chi connectivity index (χ3n) is 3.36. The van der Waals surface area contributed by atoms with Crippen molar-refractivity contribution in [3.8, 4) is 0 Å². The minimum Gasteiger partial charge on any atom is -0.465 e. The minimum absolute atomic E-state index is 0.0284. The van der Waals surface area contributed by atoms with Crippen LogP contribution in [0.25, 0.3) is 0 Å². The smallest absolute Gasteiger partial charge is 0.326 e. The molecule has 0 saturated carbocycles. The van der Waals surface area contributed by atoms with E-state index in [4.69, 9.17) is 4.74 Å². The van der Waals surface area contributed by atoms with Crippen molar-refractivity contribution in [1.82, 2.24) is 0 Å². The van der Waals surface area contributed by atoms with E-state index in [9.17, 15) is 18.4 Å². The van der Waals surface area contributed by atoms with Crippen LogP contribution < -0.4 is 0 Å². The average molecular weight is 347 g/mol. The number of hydrogen-bond donors (Lipinski definition) is 0. The maximum atomic E-state index is 13.5. The second kappa shape index (κ2) is 5.60. The van der Waals surface area contributed by atoms with Gasteiger partial charge in [0.1, 0.15) is 0 Å². The molecule has 0 heterocycles. The van der Waals surface area contributed by atoms with E-state index >= 15 is 0 Å². The van der Waals surface area contributed by atoms with Gasteiger partial charge >= 0.3 is 5.97 Å². The Labute approximate surface area is 123 Å². The molecule has 6 heteroatoms. The number of alkyl halides is 2. The van der Waals surface area contributed by atoms with Gasteiger partial charge in [-0.15, -0.1) is 0 Å². The fourth-order valence-electron chi connectivity index (χ4n) is 2.30. The Morgan fingerprint density at radius 3 is 2.80 bits per heavy atom. The summed E-state index contributed by atoms with van der Waals surface area (Å²) in [5.74, 6) is -1.98. The summed E-state index contributed by atoms with van der Waals surface area (Å²) in [7, 11) is 0. The van der Waals surface area contributed by atoms with Crippen molar-refractivity contribution in [1.29, 1.82) is 0 Å². The lowest BCUT2D eigenvalue weighted by Gasteiger charge is -2.23. The molecule has 0 radical (unpaired) electrons. The van der Waals surface area contributed by atoms with Crippen molar-refractivity contribution in [2.75, 3.05) is 6.61 Å². The third-order valence-corrected chi connectivity index (χ3v) is 3.85. The number of benzene rings is 1. The highest BCUT2D eigenvalue weighted by Crippen LogP contribution is 2.43. The number of carbonyl (C=O) groups excluding carboxylic acids is 2. The number of carbonyl (C=O) groups is 2. The molecule has 1 aliphatic carbocycles. The van der Waals surface area contributed by atoms with Crippen LogP contribution in [0.15, 0.2) is 22.7 Å². The molecule has 3 nitrogen and oxygen atoms in total. The first-order chi connectivity index (χ1) is 9.43. The van der Waals surface area contributed by atoms with Crippen LogP contribution in [-0.2, 0) is 16.0 Å². The number of fused-ring (bicyclic) bond motifs is 1. The Bertz CT molecular complexity index is 559. The number of halogens is 3. The molecule has 1 unspecified atom stereocenters. The molecule has 0 spiro atoms. The van der Waals surface area contributed by atoms with E-state index < -0.39 is 23.6 Å². The Morgan fingerprint density at radius 1 is 1.50 bits per heavy atom. The number of ether oxygens (including phenoxy) is 1. The van der Waals surface area contributed by atoms with E-state index in [1.807, 2.05) is 0 Å². The minimum atomic E-state index is -3.09. The average Bonchev–Trinajstić information content (AvgIpc) is 2.69. The summed E-state index contributed by atoms with van der Waals surface area (Å²) < 4.78 is 32.4. The topological polar surface area (TPSA) is 43.4 Å². The normalized spacial score (nSPS) is 21.1. The summed E-state index contributed by atoms with van der Waals surface area (Å²) in [5.41, 5.74) is -1.78. The van der Waals surface area contributed by atoms with Crippen LogP contribution in [0.4, 0.5) is 8.78 Å². The van der Waals surface area contributed by atoms with Crippen LogP contribution >= 0.6 is 15.9 Å². The molecule has 108 valence electrons. The first-order valence-electron chi connectivity index (χ1n) is 6.22. The van der Waals surface area contributed by atoms with Gasteiger partial charge in [0.15, 0.2) is 11.2 Å². The van der Waals surface area contributed by atoms with Gasteiger partial charge < -0.3 is 4.74 Å². The predicted molar refractivity (Wildman–Crippen MR) is 71.9 cm³/mol. The van der Waals surface area contributed by atoms with Gasteiger partial charge in [-0.3, -0.25) is 9.59 Å². The highest BCUT2D eigenvalue weighted by Gasteiger charge is 2.59. The summed E-state index contributed by atoms with van der Waals surface area (Å²) in [6.07, 6.45) is -2.90. The molecule has 2 rings (SSSR count). The molecule has 20 heavy (non-hydrogen) atoms. The second-order valence-electron chi connectivity index (χ2n) is 4.72. The number of rotatable bonds is 4. The standard InChI is InChI=1S/C14H13BrF2O3/c1-2-5-20-13(19)14(12(16)17)7-8-6-9(15)3-4-10(8)11(14)18/h3-4,6,12H,2,5,7H2,1H3. The van der Waals surface area contributed by atoms with Gasteiger partial charge in [0, 0.05) is 16.5 Å². The third kappa shape index (κ3) is 2.26. The summed E-state index contributed by atoms with van der Waals surface area (Å²) in [6, 6.07) is 4.64. The molecule has 1 aromatic rings. The molecule has 1 aromatic carbocycles. The highest BCUT2D eigenvalue weighted by molar-refractivity contribution is 9.10. The van der Waals surface area contributed by atoms with Crippen molar-refractivity contribution in [3.05, 3.63) is 33.8 Å². The molecular weight excluding hydrogens is 334 g/mol. The fourth-order valence-corrected chi connectivity index (χ4v) is 2.71. The van der Waals surface area contributed by atoms with Crippen LogP contribution in [0.5, 0.6) is 0 Å². The van der Waals surface area contributed by atoms with Gasteiger partial charge in [0.25, 0.3) is 6.43 Å². The maximum Gasteiger partial charge on any atom is 0.326 e.